The molecule has 3 nitrogen and oxygen atoms in total. The quantitative estimate of drug-likeness (QED) is 0.874. The number of likely N-dealkylation sites (tertiary alicyclic amines) is 1. The van der Waals surface area contributed by atoms with Crippen LogP contribution in [-0.2, 0) is 6.54 Å². The van der Waals surface area contributed by atoms with Crippen molar-refractivity contribution >= 4 is 5.69 Å². The molecule has 1 aliphatic carbocycles. The number of hydrogen-bond donors (Lipinski definition) is 2. The average Bonchev–Trinajstić information content (AvgIpc) is 2.94. The fraction of sp³-hybridized carbons (Fsp3) is 0.684. The lowest BCUT2D eigenvalue weighted by molar-refractivity contribution is 0.127. The third kappa shape index (κ3) is 4.02. The van der Waals surface area contributed by atoms with Crippen LogP contribution in [0.25, 0.3) is 0 Å². The average molecular weight is 302 g/mol. The molecular formula is C19H30N2O. The monoisotopic (exact) mass is 302 g/mol. The van der Waals surface area contributed by atoms with Crippen LogP contribution in [0.15, 0.2) is 24.3 Å². The Labute approximate surface area is 134 Å². The molecule has 0 aromatic heterocycles. The Kier molecular flexibility index (Phi) is 5.37. The van der Waals surface area contributed by atoms with Gasteiger partial charge in [0.15, 0.2) is 0 Å². The molecule has 1 saturated carbocycles. The molecule has 2 unspecified atom stereocenters. The smallest absolute Gasteiger partial charge is 0.0460 e. The van der Waals surface area contributed by atoms with Crippen LogP contribution in [0.4, 0.5) is 5.69 Å². The van der Waals surface area contributed by atoms with Crippen molar-refractivity contribution < 1.29 is 5.11 Å². The van der Waals surface area contributed by atoms with Gasteiger partial charge in [-0.05, 0) is 68.3 Å². The van der Waals surface area contributed by atoms with E-state index in [0.29, 0.717) is 18.6 Å². The number of benzene rings is 1. The number of hydrogen-bond acceptors (Lipinski definition) is 3. The lowest BCUT2D eigenvalue weighted by atomic mass is 9.97. The minimum Gasteiger partial charge on any atom is -0.396 e. The van der Waals surface area contributed by atoms with Crippen LogP contribution in [-0.4, -0.2) is 35.7 Å². The highest BCUT2D eigenvalue weighted by Crippen LogP contribution is 2.28. The van der Waals surface area contributed by atoms with Gasteiger partial charge in [0.1, 0.15) is 0 Å². The summed E-state index contributed by atoms with van der Waals surface area (Å²) in [5, 5.41) is 13.0. The molecule has 1 aromatic rings. The van der Waals surface area contributed by atoms with Crippen molar-refractivity contribution in [3.63, 3.8) is 0 Å². The summed E-state index contributed by atoms with van der Waals surface area (Å²) >= 11 is 0. The minimum atomic E-state index is 0.354. The molecule has 1 aliphatic heterocycles. The molecule has 1 heterocycles. The molecule has 2 N–H and O–H groups in total. The lowest BCUT2D eigenvalue weighted by Crippen LogP contribution is -2.34. The molecule has 3 heteroatoms. The van der Waals surface area contributed by atoms with E-state index in [9.17, 15) is 5.11 Å². The van der Waals surface area contributed by atoms with Crippen LogP contribution >= 0.6 is 0 Å². The maximum absolute atomic E-state index is 9.23. The van der Waals surface area contributed by atoms with Gasteiger partial charge in [0.25, 0.3) is 0 Å². The Bertz CT molecular complexity index is 468. The van der Waals surface area contributed by atoms with Crippen LogP contribution in [0, 0.1) is 11.8 Å². The SMILES string of the molecule is CC1CCCC1Nc1cccc(CN2CCC(CO)CC2)c1. The van der Waals surface area contributed by atoms with Crippen molar-refractivity contribution in [3.05, 3.63) is 29.8 Å². The van der Waals surface area contributed by atoms with Crippen LogP contribution in [0.5, 0.6) is 0 Å². The van der Waals surface area contributed by atoms with E-state index in [0.717, 1.165) is 38.4 Å². The second kappa shape index (κ2) is 7.47. The molecule has 3 rings (SSSR count). The highest BCUT2D eigenvalue weighted by Gasteiger charge is 2.23. The fourth-order valence-corrected chi connectivity index (χ4v) is 3.92. The van der Waals surface area contributed by atoms with E-state index in [-0.39, 0.29) is 0 Å². The molecular weight excluding hydrogens is 272 g/mol. The van der Waals surface area contributed by atoms with Crippen molar-refractivity contribution in [2.24, 2.45) is 11.8 Å². The number of aliphatic hydroxyl groups excluding tert-OH is 1. The Balaban J connectivity index is 1.55. The van der Waals surface area contributed by atoms with Crippen molar-refractivity contribution in [2.45, 2.75) is 51.6 Å². The summed E-state index contributed by atoms with van der Waals surface area (Å²) in [5.41, 5.74) is 2.68. The Morgan fingerprint density at radius 3 is 2.68 bits per heavy atom. The van der Waals surface area contributed by atoms with Gasteiger partial charge in [-0.25, -0.2) is 0 Å². The van der Waals surface area contributed by atoms with Gasteiger partial charge in [0.05, 0.1) is 0 Å². The Morgan fingerprint density at radius 2 is 2.00 bits per heavy atom. The van der Waals surface area contributed by atoms with E-state index in [1.807, 2.05) is 0 Å². The molecule has 2 atom stereocenters. The second-order valence-corrected chi connectivity index (χ2v) is 7.26. The zero-order valence-electron chi connectivity index (χ0n) is 13.8. The van der Waals surface area contributed by atoms with E-state index >= 15 is 0 Å². The van der Waals surface area contributed by atoms with Gasteiger partial charge in [0.2, 0.25) is 0 Å². The topological polar surface area (TPSA) is 35.5 Å². The van der Waals surface area contributed by atoms with E-state index in [1.54, 1.807) is 0 Å². The number of nitrogens with one attached hydrogen (secondary N) is 1. The summed E-state index contributed by atoms with van der Waals surface area (Å²) in [7, 11) is 0. The first-order valence-electron chi connectivity index (χ1n) is 8.93. The third-order valence-corrected chi connectivity index (χ3v) is 5.51. The molecule has 0 radical (unpaired) electrons. The molecule has 2 fully saturated rings. The number of nitrogens with zero attached hydrogens (tertiary/aromatic N) is 1. The first-order chi connectivity index (χ1) is 10.7. The van der Waals surface area contributed by atoms with Gasteiger partial charge in [0, 0.05) is 24.9 Å². The molecule has 0 spiro atoms. The van der Waals surface area contributed by atoms with Crippen LogP contribution < -0.4 is 5.32 Å². The summed E-state index contributed by atoms with van der Waals surface area (Å²) in [6, 6.07) is 9.59. The van der Waals surface area contributed by atoms with Gasteiger partial charge in [-0.1, -0.05) is 25.5 Å². The maximum atomic E-state index is 9.23. The predicted octanol–water partition coefficient (Wildman–Crippen LogP) is 3.49. The molecule has 2 aliphatic rings. The second-order valence-electron chi connectivity index (χ2n) is 7.26. The summed E-state index contributed by atoms with van der Waals surface area (Å²) in [4.78, 5) is 2.52. The highest BCUT2D eigenvalue weighted by atomic mass is 16.3. The van der Waals surface area contributed by atoms with Crippen molar-refractivity contribution in [2.75, 3.05) is 25.0 Å². The summed E-state index contributed by atoms with van der Waals surface area (Å²) in [6.07, 6.45) is 6.29. The highest BCUT2D eigenvalue weighted by molar-refractivity contribution is 5.46. The maximum Gasteiger partial charge on any atom is 0.0460 e. The first-order valence-corrected chi connectivity index (χ1v) is 8.93. The van der Waals surface area contributed by atoms with Crippen molar-refractivity contribution in [3.8, 4) is 0 Å². The molecule has 0 amide bonds. The van der Waals surface area contributed by atoms with Gasteiger partial charge < -0.3 is 10.4 Å². The van der Waals surface area contributed by atoms with Crippen LogP contribution in [0.1, 0.15) is 44.6 Å². The van der Waals surface area contributed by atoms with Crippen LogP contribution in [0.2, 0.25) is 0 Å². The van der Waals surface area contributed by atoms with Crippen LogP contribution in [0.3, 0.4) is 0 Å². The number of rotatable bonds is 5. The molecule has 0 bridgehead atoms. The Hall–Kier alpha value is -1.06. The zero-order chi connectivity index (χ0) is 15.4. The van der Waals surface area contributed by atoms with Gasteiger partial charge in [-0.15, -0.1) is 0 Å². The standard InChI is InChI=1S/C19H30N2O/c1-15-4-2-7-19(15)20-18-6-3-5-17(12-18)13-21-10-8-16(14-22)9-11-21/h3,5-6,12,15-16,19-20,22H,2,4,7-11,13-14H2,1H3. The van der Waals surface area contributed by atoms with E-state index in [1.165, 1.54) is 30.5 Å². The van der Waals surface area contributed by atoms with E-state index in [2.05, 4.69) is 41.4 Å². The van der Waals surface area contributed by atoms with Crippen molar-refractivity contribution in [1.29, 1.82) is 0 Å². The van der Waals surface area contributed by atoms with Gasteiger partial charge in [-0.2, -0.15) is 0 Å². The van der Waals surface area contributed by atoms with E-state index < -0.39 is 0 Å². The first kappa shape index (κ1) is 15.8. The van der Waals surface area contributed by atoms with Gasteiger partial charge >= 0.3 is 0 Å². The molecule has 1 aromatic carbocycles. The lowest BCUT2D eigenvalue weighted by Gasteiger charge is -2.31. The largest absolute Gasteiger partial charge is 0.396 e. The predicted molar refractivity (Wildman–Crippen MR) is 92.0 cm³/mol. The normalized spacial score (nSPS) is 27.2. The molecule has 22 heavy (non-hydrogen) atoms. The summed E-state index contributed by atoms with van der Waals surface area (Å²) in [6.45, 7) is 5.98. The summed E-state index contributed by atoms with van der Waals surface area (Å²) in [5.74, 6) is 1.31. The van der Waals surface area contributed by atoms with E-state index in [4.69, 9.17) is 0 Å². The van der Waals surface area contributed by atoms with Gasteiger partial charge in [-0.3, -0.25) is 4.90 Å². The number of piperidine rings is 1. The zero-order valence-corrected chi connectivity index (χ0v) is 13.8. The minimum absolute atomic E-state index is 0.354. The summed E-state index contributed by atoms with van der Waals surface area (Å²) < 4.78 is 0. The number of aliphatic hydroxyl groups is 1. The fourth-order valence-electron chi connectivity index (χ4n) is 3.92. The number of anilines is 1. The molecule has 1 saturated heterocycles. The molecule has 122 valence electrons. The van der Waals surface area contributed by atoms with Crippen molar-refractivity contribution in [1.82, 2.24) is 4.90 Å². The third-order valence-electron chi connectivity index (χ3n) is 5.51. The Morgan fingerprint density at radius 1 is 1.18 bits per heavy atom.